The minimum absolute atomic E-state index is 0.00679. The third-order valence-electron chi connectivity index (χ3n) is 4.85. The summed E-state index contributed by atoms with van der Waals surface area (Å²) >= 11 is 0. The normalized spacial score (nSPS) is 10.6. The van der Waals surface area contributed by atoms with E-state index in [-0.39, 0.29) is 5.91 Å². The predicted octanol–water partition coefficient (Wildman–Crippen LogP) is 5.45. The molecule has 0 saturated heterocycles. The first-order valence-corrected chi connectivity index (χ1v) is 10.1. The van der Waals surface area contributed by atoms with E-state index in [1.807, 2.05) is 36.5 Å². The van der Waals surface area contributed by atoms with E-state index in [1.165, 1.54) is 16.7 Å². The quantitative estimate of drug-likeness (QED) is 0.507. The molecule has 0 fully saturated rings. The molecule has 0 unspecified atom stereocenters. The molecular weight excluding hydrogens is 344 g/mol. The molecule has 3 rings (SSSR count). The van der Waals surface area contributed by atoms with E-state index in [2.05, 4.69) is 47.6 Å². The fourth-order valence-electron chi connectivity index (χ4n) is 3.31. The number of benzene rings is 2. The van der Waals surface area contributed by atoms with Gasteiger partial charge in [-0.05, 0) is 66.1 Å². The number of aromatic nitrogens is 1. The molecule has 3 heteroatoms. The molecule has 1 aromatic heterocycles. The Labute approximate surface area is 167 Å². The number of carbonyl (C=O) groups is 1. The summed E-state index contributed by atoms with van der Waals surface area (Å²) in [7, 11) is 0. The van der Waals surface area contributed by atoms with Crippen molar-refractivity contribution in [1.82, 2.24) is 10.3 Å². The standard InChI is InChI=1S/C25H28N2O/c1-2-7-20-9-5-11-24(18-20)22-12-14-23(15-13-22)25(28)27-17-4-3-8-21-10-6-16-26-19-21/h5-6,9-16,18-19H,2-4,7-8,17H2,1H3,(H,27,28). The molecule has 2 aromatic carbocycles. The van der Waals surface area contributed by atoms with Crippen molar-refractivity contribution in [3.8, 4) is 11.1 Å². The van der Waals surface area contributed by atoms with Gasteiger partial charge in [0.15, 0.2) is 0 Å². The molecule has 0 spiro atoms. The van der Waals surface area contributed by atoms with Gasteiger partial charge in [-0.2, -0.15) is 0 Å². The molecule has 3 nitrogen and oxygen atoms in total. The van der Waals surface area contributed by atoms with E-state index in [1.54, 1.807) is 6.20 Å². The molecule has 28 heavy (non-hydrogen) atoms. The third-order valence-corrected chi connectivity index (χ3v) is 4.85. The Kier molecular flexibility index (Phi) is 7.36. The number of carbonyl (C=O) groups excluding carboxylic acids is 1. The Hall–Kier alpha value is -2.94. The topological polar surface area (TPSA) is 42.0 Å². The van der Waals surface area contributed by atoms with E-state index in [4.69, 9.17) is 0 Å². The second-order valence-electron chi connectivity index (χ2n) is 7.10. The van der Waals surface area contributed by atoms with Gasteiger partial charge in [0, 0.05) is 24.5 Å². The van der Waals surface area contributed by atoms with Gasteiger partial charge in [0.1, 0.15) is 0 Å². The second kappa shape index (κ2) is 10.4. The van der Waals surface area contributed by atoms with Gasteiger partial charge in [-0.1, -0.05) is 55.8 Å². The van der Waals surface area contributed by atoms with Gasteiger partial charge in [0.2, 0.25) is 0 Å². The highest BCUT2D eigenvalue weighted by Gasteiger charge is 2.06. The summed E-state index contributed by atoms with van der Waals surface area (Å²) in [5.41, 5.74) is 5.65. The Morgan fingerprint density at radius 3 is 2.46 bits per heavy atom. The van der Waals surface area contributed by atoms with Crippen molar-refractivity contribution in [2.45, 2.75) is 39.0 Å². The Morgan fingerprint density at radius 1 is 0.893 bits per heavy atom. The Balaban J connectivity index is 1.47. The minimum Gasteiger partial charge on any atom is -0.352 e. The molecule has 0 radical (unpaired) electrons. The van der Waals surface area contributed by atoms with E-state index >= 15 is 0 Å². The van der Waals surface area contributed by atoms with Gasteiger partial charge < -0.3 is 5.32 Å². The molecule has 1 heterocycles. The van der Waals surface area contributed by atoms with Crippen LogP contribution in [0.4, 0.5) is 0 Å². The van der Waals surface area contributed by atoms with Crippen molar-refractivity contribution in [3.05, 3.63) is 89.7 Å². The van der Waals surface area contributed by atoms with Crippen molar-refractivity contribution in [2.75, 3.05) is 6.54 Å². The number of nitrogens with one attached hydrogen (secondary N) is 1. The first-order valence-electron chi connectivity index (χ1n) is 10.1. The number of nitrogens with zero attached hydrogens (tertiary/aromatic N) is 1. The van der Waals surface area contributed by atoms with Crippen LogP contribution in [0.1, 0.15) is 47.7 Å². The van der Waals surface area contributed by atoms with Crippen LogP contribution in [0.25, 0.3) is 11.1 Å². The van der Waals surface area contributed by atoms with Crippen LogP contribution >= 0.6 is 0 Å². The van der Waals surface area contributed by atoms with Crippen molar-refractivity contribution < 1.29 is 4.79 Å². The van der Waals surface area contributed by atoms with E-state index < -0.39 is 0 Å². The van der Waals surface area contributed by atoms with Crippen molar-refractivity contribution in [1.29, 1.82) is 0 Å². The van der Waals surface area contributed by atoms with Crippen LogP contribution in [-0.4, -0.2) is 17.4 Å². The molecule has 0 saturated carbocycles. The van der Waals surface area contributed by atoms with Crippen LogP contribution in [0.2, 0.25) is 0 Å². The summed E-state index contributed by atoms with van der Waals surface area (Å²) in [6, 6.07) is 20.6. The molecule has 144 valence electrons. The van der Waals surface area contributed by atoms with Gasteiger partial charge in [-0.25, -0.2) is 0 Å². The smallest absolute Gasteiger partial charge is 0.251 e. The summed E-state index contributed by atoms with van der Waals surface area (Å²) in [5, 5.41) is 3.02. The predicted molar refractivity (Wildman–Crippen MR) is 115 cm³/mol. The number of rotatable bonds is 9. The molecule has 0 bridgehead atoms. The number of hydrogen-bond acceptors (Lipinski definition) is 2. The fourth-order valence-corrected chi connectivity index (χ4v) is 3.31. The van der Waals surface area contributed by atoms with Crippen LogP contribution in [0.15, 0.2) is 73.1 Å². The Morgan fingerprint density at radius 2 is 1.71 bits per heavy atom. The highest BCUT2D eigenvalue weighted by molar-refractivity contribution is 5.94. The van der Waals surface area contributed by atoms with Gasteiger partial charge in [0.25, 0.3) is 5.91 Å². The van der Waals surface area contributed by atoms with Gasteiger partial charge in [-0.3, -0.25) is 9.78 Å². The highest BCUT2D eigenvalue weighted by Crippen LogP contribution is 2.21. The third kappa shape index (κ3) is 5.78. The average Bonchev–Trinajstić information content (AvgIpc) is 2.75. The monoisotopic (exact) mass is 372 g/mol. The van der Waals surface area contributed by atoms with E-state index in [0.717, 1.165) is 37.7 Å². The van der Waals surface area contributed by atoms with Crippen LogP contribution < -0.4 is 5.32 Å². The molecule has 3 aromatic rings. The molecule has 1 amide bonds. The first-order chi connectivity index (χ1) is 13.8. The molecule has 0 aliphatic rings. The van der Waals surface area contributed by atoms with Gasteiger partial charge in [-0.15, -0.1) is 0 Å². The lowest BCUT2D eigenvalue weighted by atomic mass is 10.00. The van der Waals surface area contributed by atoms with Gasteiger partial charge >= 0.3 is 0 Å². The number of amides is 1. The first kappa shape index (κ1) is 19.8. The zero-order chi connectivity index (χ0) is 19.6. The number of aryl methyl sites for hydroxylation is 2. The molecule has 0 aliphatic heterocycles. The van der Waals surface area contributed by atoms with Crippen LogP contribution in [0.3, 0.4) is 0 Å². The van der Waals surface area contributed by atoms with Crippen LogP contribution in [-0.2, 0) is 12.8 Å². The zero-order valence-electron chi connectivity index (χ0n) is 16.5. The summed E-state index contributed by atoms with van der Waals surface area (Å²) < 4.78 is 0. The fraction of sp³-hybridized carbons (Fsp3) is 0.280. The number of unbranched alkanes of at least 4 members (excludes halogenated alkanes) is 1. The lowest BCUT2D eigenvalue weighted by molar-refractivity contribution is 0.0953. The second-order valence-corrected chi connectivity index (χ2v) is 7.10. The minimum atomic E-state index is -0.00679. The van der Waals surface area contributed by atoms with Crippen molar-refractivity contribution in [3.63, 3.8) is 0 Å². The van der Waals surface area contributed by atoms with Crippen LogP contribution in [0, 0.1) is 0 Å². The molecule has 0 atom stereocenters. The average molecular weight is 373 g/mol. The lowest BCUT2D eigenvalue weighted by Crippen LogP contribution is -2.24. The van der Waals surface area contributed by atoms with E-state index in [0.29, 0.717) is 12.1 Å². The number of hydrogen-bond donors (Lipinski definition) is 1. The SMILES string of the molecule is CCCc1cccc(-c2ccc(C(=O)NCCCCc3cccnc3)cc2)c1. The Bertz CT molecular complexity index is 873. The summed E-state index contributed by atoms with van der Waals surface area (Å²) in [6.07, 6.45) is 8.92. The molecular formula is C25H28N2O. The number of pyridine rings is 1. The van der Waals surface area contributed by atoms with Gasteiger partial charge in [0.05, 0.1) is 0 Å². The van der Waals surface area contributed by atoms with Crippen molar-refractivity contribution in [2.24, 2.45) is 0 Å². The largest absolute Gasteiger partial charge is 0.352 e. The van der Waals surface area contributed by atoms with Crippen molar-refractivity contribution >= 4 is 5.91 Å². The van der Waals surface area contributed by atoms with Crippen LogP contribution in [0.5, 0.6) is 0 Å². The maximum absolute atomic E-state index is 12.3. The molecule has 1 N–H and O–H groups in total. The lowest BCUT2D eigenvalue weighted by Gasteiger charge is -2.08. The summed E-state index contributed by atoms with van der Waals surface area (Å²) in [6.45, 7) is 2.89. The highest BCUT2D eigenvalue weighted by atomic mass is 16.1. The maximum atomic E-state index is 12.3. The maximum Gasteiger partial charge on any atom is 0.251 e. The summed E-state index contributed by atoms with van der Waals surface area (Å²) in [5.74, 6) is -0.00679. The zero-order valence-corrected chi connectivity index (χ0v) is 16.5. The van der Waals surface area contributed by atoms with E-state index in [9.17, 15) is 4.79 Å². The summed E-state index contributed by atoms with van der Waals surface area (Å²) in [4.78, 5) is 16.5. The molecule has 0 aliphatic carbocycles.